The van der Waals surface area contributed by atoms with Crippen molar-refractivity contribution in [2.24, 2.45) is 0 Å². The van der Waals surface area contributed by atoms with Gasteiger partial charge in [-0.3, -0.25) is 0 Å². The van der Waals surface area contributed by atoms with Crippen LogP contribution in [0, 0.1) is 6.92 Å². The summed E-state index contributed by atoms with van der Waals surface area (Å²) in [5.74, 6) is 1.06. The Morgan fingerprint density at radius 1 is 1.42 bits per heavy atom. The van der Waals surface area contributed by atoms with Crippen LogP contribution in [-0.4, -0.2) is 9.38 Å². The summed E-state index contributed by atoms with van der Waals surface area (Å²) in [6, 6.07) is 4.26. The number of aryl methyl sites for hydroxylation is 2. The molecule has 0 bridgehead atoms. The molecular weight excluding hydrogens is 148 g/mol. The minimum Gasteiger partial charge on any atom is -0.304 e. The molecule has 0 fully saturated rings. The third kappa shape index (κ3) is 0.998. The standard InChI is InChI=1S/C10H12N2/c1-3-9-4-5-10-6-11-8(2)12(10)7-9/h4-7H,3H2,1-2H3. The lowest BCUT2D eigenvalue weighted by atomic mass is 10.2. The quantitative estimate of drug-likeness (QED) is 0.625. The van der Waals surface area contributed by atoms with Crippen molar-refractivity contribution in [3.8, 4) is 0 Å². The molecule has 2 aromatic rings. The van der Waals surface area contributed by atoms with Crippen LogP contribution in [0.5, 0.6) is 0 Å². The number of aromatic nitrogens is 2. The van der Waals surface area contributed by atoms with Gasteiger partial charge in [-0.2, -0.15) is 0 Å². The minimum absolute atomic E-state index is 1.06. The van der Waals surface area contributed by atoms with Crippen molar-refractivity contribution in [3.05, 3.63) is 35.9 Å². The molecule has 0 radical (unpaired) electrons. The Kier molecular flexibility index (Phi) is 1.61. The van der Waals surface area contributed by atoms with Crippen molar-refractivity contribution in [1.82, 2.24) is 9.38 Å². The van der Waals surface area contributed by atoms with Gasteiger partial charge >= 0.3 is 0 Å². The highest BCUT2D eigenvalue weighted by atomic mass is 15.0. The molecule has 0 unspecified atom stereocenters. The number of hydrogen-bond acceptors (Lipinski definition) is 1. The molecule has 0 atom stereocenters. The van der Waals surface area contributed by atoms with Crippen molar-refractivity contribution < 1.29 is 0 Å². The van der Waals surface area contributed by atoms with Crippen LogP contribution in [0.25, 0.3) is 5.52 Å². The van der Waals surface area contributed by atoms with Crippen LogP contribution in [0.3, 0.4) is 0 Å². The second-order valence-corrected chi connectivity index (χ2v) is 2.99. The molecule has 0 aliphatic rings. The monoisotopic (exact) mass is 160 g/mol. The van der Waals surface area contributed by atoms with Gasteiger partial charge in [0.2, 0.25) is 0 Å². The van der Waals surface area contributed by atoms with Crippen LogP contribution < -0.4 is 0 Å². The van der Waals surface area contributed by atoms with Gasteiger partial charge in [-0.15, -0.1) is 0 Å². The molecule has 0 saturated carbocycles. The summed E-state index contributed by atoms with van der Waals surface area (Å²) in [5.41, 5.74) is 2.52. The average molecular weight is 160 g/mol. The molecular formula is C10H12N2. The number of nitrogens with zero attached hydrogens (tertiary/aromatic N) is 2. The van der Waals surface area contributed by atoms with Crippen LogP contribution in [0.15, 0.2) is 24.5 Å². The first-order valence-corrected chi connectivity index (χ1v) is 4.24. The Hall–Kier alpha value is -1.31. The van der Waals surface area contributed by atoms with E-state index in [4.69, 9.17) is 0 Å². The summed E-state index contributed by atoms with van der Waals surface area (Å²) in [5, 5.41) is 0. The number of hydrogen-bond donors (Lipinski definition) is 0. The smallest absolute Gasteiger partial charge is 0.110 e. The van der Waals surface area contributed by atoms with E-state index in [0.717, 1.165) is 12.2 Å². The highest BCUT2D eigenvalue weighted by Gasteiger charge is 1.97. The second-order valence-electron chi connectivity index (χ2n) is 2.99. The summed E-state index contributed by atoms with van der Waals surface area (Å²) < 4.78 is 2.12. The van der Waals surface area contributed by atoms with Crippen LogP contribution in [0.1, 0.15) is 18.3 Å². The molecule has 0 saturated heterocycles. The van der Waals surface area contributed by atoms with Crippen molar-refractivity contribution in [2.75, 3.05) is 0 Å². The first kappa shape index (κ1) is 7.35. The zero-order valence-corrected chi connectivity index (χ0v) is 7.41. The van der Waals surface area contributed by atoms with Gasteiger partial charge < -0.3 is 4.40 Å². The van der Waals surface area contributed by atoms with Gasteiger partial charge in [0.15, 0.2) is 0 Å². The second kappa shape index (κ2) is 2.63. The third-order valence-electron chi connectivity index (χ3n) is 2.18. The van der Waals surface area contributed by atoms with Crippen LogP contribution in [0.4, 0.5) is 0 Å². The Morgan fingerprint density at radius 2 is 2.25 bits per heavy atom. The van der Waals surface area contributed by atoms with Gasteiger partial charge in [0.05, 0.1) is 11.7 Å². The molecule has 0 aliphatic heterocycles. The van der Waals surface area contributed by atoms with Crippen LogP contribution >= 0.6 is 0 Å². The fourth-order valence-corrected chi connectivity index (χ4v) is 1.37. The summed E-state index contributed by atoms with van der Waals surface area (Å²) in [4.78, 5) is 4.23. The van der Waals surface area contributed by atoms with E-state index in [0.29, 0.717) is 0 Å². The van der Waals surface area contributed by atoms with E-state index < -0.39 is 0 Å². The lowest BCUT2D eigenvalue weighted by molar-refractivity contribution is 1.01. The SMILES string of the molecule is CCc1ccc2cnc(C)n2c1. The molecule has 2 aromatic heterocycles. The topological polar surface area (TPSA) is 17.3 Å². The van der Waals surface area contributed by atoms with Gasteiger partial charge in [0, 0.05) is 6.20 Å². The molecule has 2 nitrogen and oxygen atoms in total. The van der Waals surface area contributed by atoms with Gasteiger partial charge in [0.1, 0.15) is 5.82 Å². The van der Waals surface area contributed by atoms with E-state index >= 15 is 0 Å². The molecule has 2 heterocycles. The maximum atomic E-state index is 4.23. The van der Waals surface area contributed by atoms with E-state index in [-0.39, 0.29) is 0 Å². The van der Waals surface area contributed by atoms with Crippen LogP contribution in [-0.2, 0) is 6.42 Å². The maximum Gasteiger partial charge on any atom is 0.110 e. The summed E-state index contributed by atoms with van der Waals surface area (Å²) >= 11 is 0. The maximum absolute atomic E-state index is 4.23. The summed E-state index contributed by atoms with van der Waals surface area (Å²) in [6.07, 6.45) is 5.12. The van der Waals surface area contributed by atoms with E-state index in [1.807, 2.05) is 13.1 Å². The summed E-state index contributed by atoms with van der Waals surface area (Å²) in [7, 11) is 0. The predicted molar refractivity (Wildman–Crippen MR) is 49.3 cm³/mol. The predicted octanol–water partition coefficient (Wildman–Crippen LogP) is 2.21. The average Bonchev–Trinajstić information content (AvgIpc) is 2.47. The lowest BCUT2D eigenvalue weighted by Gasteiger charge is -1.99. The molecule has 12 heavy (non-hydrogen) atoms. The third-order valence-corrected chi connectivity index (χ3v) is 2.18. The molecule has 0 aliphatic carbocycles. The van der Waals surface area contributed by atoms with E-state index in [1.54, 1.807) is 0 Å². The summed E-state index contributed by atoms with van der Waals surface area (Å²) in [6.45, 7) is 4.18. The van der Waals surface area contributed by atoms with Crippen LogP contribution in [0.2, 0.25) is 0 Å². The van der Waals surface area contributed by atoms with E-state index in [1.165, 1.54) is 11.1 Å². The highest BCUT2D eigenvalue weighted by Crippen LogP contribution is 2.08. The highest BCUT2D eigenvalue weighted by molar-refractivity contribution is 5.46. The lowest BCUT2D eigenvalue weighted by Crippen LogP contribution is -1.90. The van der Waals surface area contributed by atoms with E-state index in [9.17, 15) is 0 Å². The van der Waals surface area contributed by atoms with Gasteiger partial charge in [-0.25, -0.2) is 4.98 Å². The van der Waals surface area contributed by atoms with E-state index in [2.05, 4.69) is 34.6 Å². The molecule has 2 rings (SSSR count). The van der Waals surface area contributed by atoms with Gasteiger partial charge in [-0.05, 0) is 25.0 Å². The normalized spacial score (nSPS) is 10.8. The number of fused-ring (bicyclic) bond motifs is 1. The zero-order chi connectivity index (χ0) is 8.55. The molecule has 0 spiro atoms. The Morgan fingerprint density at radius 3 is 3.00 bits per heavy atom. The number of rotatable bonds is 1. The Labute approximate surface area is 71.9 Å². The van der Waals surface area contributed by atoms with Crippen molar-refractivity contribution in [1.29, 1.82) is 0 Å². The number of imidazole rings is 1. The van der Waals surface area contributed by atoms with Crippen molar-refractivity contribution in [2.45, 2.75) is 20.3 Å². The first-order valence-electron chi connectivity index (χ1n) is 4.24. The molecule has 0 N–H and O–H groups in total. The first-order chi connectivity index (χ1) is 5.81. The molecule has 0 aromatic carbocycles. The van der Waals surface area contributed by atoms with Gasteiger partial charge in [-0.1, -0.05) is 13.0 Å². The number of pyridine rings is 1. The molecule has 62 valence electrons. The Balaban J connectivity index is 2.71. The minimum atomic E-state index is 1.06. The fraction of sp³-hybridized carbons (Fsp3) is 0.300. The molecule has 2 heteroatoms. The van der Waals surface area contributed by atoms with Crippen molar-refractivity contribution in [3.63, 3.8) is 0 Å². The zero-order valence-electron chi connectivity index (χ0n) is 7.41. The van der Waals surface area contributed by atoms with Crippen molar-refractivity contribution >= 4 is 5.52 Å². The largest absolute Gasteiger partial charge is 0.304 e. The van der Waals surface area contributed by atoms with Gasteiger partial charge in [0.25, 0.3) is 0 Å². The molecule has 0 amide bonds. The fourth-order valence-electron chi connectivity index (χ4n) is 1.37. The Bertz CT molecular complexity index is 401.